The van der Waals surface area contributed by atoms with Gasteiger partial charge in [0, 0.05) is 6.07 Å². The molecule has 1 N–H and O–H groups in total. The van der Waals surface area contributed by atoms with Crippen LogP contribution in [-0.2, 0) is 0 Å². The van der Waals surface area contributed by atoms with Crippen LogP contribution in [-0.4, -0.2) is 22.4 Å². The maximum Gasteiger partial charge on any atom is 0.573 e. The quantitative estimate of drug-likeness (QED) is 0.644. The number of hydrogen-bond donors (Lipinski definition) is 1. The van der Waals surface area contributed by atoms with Gasteiger partial charge in [0.15, 0.2) is 5.69 Å². The van der Waals surface area contributed by atoms with Crippen molar-refractivity contribution in [1.82, 2.24) is 4.98 Å². The third-order valence-corrected chi connectivity index (χ3v) is 2.69. The lowest BCUT2D eigenvalue weighted by atomic mass is 10.3. The molecule has 4 nitrogen and oxygen atoms in total. The lowest BCUT2D eigenvalue weighted by Crippen LogP contribution is -2.19. The first-order chi connectivity index (χ1) is 8.11. The zero-order chi connectivity index (χ0) is 14.1. The minimum absolute atomic E-state index is 0.434. The van der Waals surface area contributed by atoms with E-state index in [0.29, 0.717) is 6.07 Å². The summed E-state index contributed by atoms with van der Waals surface area (Å²) < 4.78 is 63.9. The summed E-state index contributed by atoms with van der Waals surface area (Å²) in [7, 11) is 0. The van der Waals surface area contributed by atoms with Gasteiger partial charge in [-0.25, -0.2) is 18.6 Å². The van der Waals surface area contributed by atoms with E-state index in [-0.39, 0.29) is 0 Å². The van der Waals surface area contributed by atoms with Crippen molar-refractivity contribution in [3.05, 3.63) is 21.0 Å². The largest absolute Gasteiger partial charge is 0.573 e. The number of rotatable bonds is 3. The SMILES string of the molecule is O=C(O)c1cc(OC(F)(F)F)c(I)c(C(F)F)n1. The van der Waals surface area contributed by atoms with Crippen LogP contribution in [0.25, 0.3) is 0 Å². The van der Waals surface area contributed by atoms with E-state index in [4.69, 9.17) is 5.11 Å². The summed E-state index contributed by atoms with van der Waals surface area (Å²) in [6.45, 7) is 0. The molecule has 0 saturated carbocycles. The second kappa shape index (κ2) is 5.20. The maximum atomic E-state index is 12.5. The molecule has 1 rings (SSSR count). The van der Waals surface area contributed by atoms with Gasteiger partial charge in [-0.15, -0.1) is 13.2 Å². The molecule has 1 aromatic heterocycles. The molecule has 0 aliphatic heterocycles. The first-order valence-electron chi connectivity index (χ1n) is 4.09. The minimum atomic E-state index is -5.11. The summed E-state index contributed by atoms with van der Waals surface area (Å²) in [5.74, 6) is -2.76. The monoisotopic (exact) mass is 383 g/mol. The molecule has 1 aromatic rings. The Hall–Kier alpha value is -1.20. The van der Waals surface area contributed by atoms with Crippen molar-refractivity contribution in [2.45, 2.75) is 12.8 Å². The Labute approximate surface area is 110 Å². The van der Waals surface area contributed by atoms with Gasteiger partial charge >= 0.3 is 12.3 Å². The van der Waals surface area contributed by atoms with Crippen LogP contribution in [0.2, 0.25) is 0 Å². The van der Waals surface area contributed by atoms with Crippen molar-refractivity contribution in [2.24, 2.45) is 0 Å². The highest BCUT2D eigenvalue weighted by molar-refractivity contribution is 14.1. The number of carboxylic acid groups (broad SMARTS) is 1. The fraction of sp³-hybridized carbons (Fsp3) is 0.250. The molecular weight excluding hydrogens is 380 g/mol. The van der Waals surface area contributed by atoms with Gasteiger partial charge in [-0.2, -0.15) is 0 Å². The number of carboxylic acids is 1. The summed E-state index contributed by atoms with van der Waals surface area (Å²) in [5, 5.41) is 8.56. The third kappa shape index (κ3) is 3.65. The van der Waals surface area contributed by atoms with Gasteiger partial charge in [0.2, 0.25) is 0 Å². The molecule has 10 heteroatoms. The molecule has 0 unspecified atom stereocenters. The van der Waals surface area contributed by atoms with Crippen LogP contribution < -0.4 is 4.74 Å². The van der Waals surface area contributed by atoms with E-state index < -0.39 is 39.5 Å². The maximum absolute atomic E-state index is 12.5. The Morgan fingerprint density at radius 1 is 1.44 bits per heavy atom. The van der Waals surface area contributed by atoms with Gasteiger partial charge in [-0.05, 0) is 22.6 Å². The number of aromatic nitrogens is 1. The van der Waals surface area contributed by atoms with E-state index in [9.17, 15) is 26.7 Å². The molecule has 0 aliphatic rings. The van der Waals surface area contributed by atoms with E-state index in [1.807, 2.05) is 0 Å². The molecule has 0 saturated heterocycles. The molecule has 0 amide bonds. The average molecular weight is 383 g/mol. The summed E-state index contributed by atoms with van der Waals surface area (Å²) in [6, 6.07) is 0.434. The first kappa shape index (κ1) is 14.9. The number of aromatic carboxylic acids is 1. The van der Waals surface area contributed by atoms with Crippen LogP contribution in [0.1, 0.15) is 22.6 Å². The Balaban J connectivity index is 3.36. The molecule has 0 fully saturated rings. The van der Waals surface area contributed by atoms with Crippen molar-refractivity contribution in [3.63, 3.8) is 0 Å². The highest BCUT2D eigenvalue weighted by Crippen LogP contribution is 2.33. The molecule has 100 valence electrons. The van der Waals surface area contributed by atoms with Gasteiger partial charge in [-0.3, -0.25) is 0 Å². The molecule has 0 aromatic carbocycles. The van der Waals surface area contributed by atoms with Gasteiger partial charge in [0.25, 0.3) is 6.43 Å². The average Bonchev–Trinajstić information content (AvgIpc) is 2.18. The molecular formula is C8H3F5INO3. The van der Waals surface area contributed by atoms with E-state index in [2.05, 4.69) is 9.72 Å². The Morgan fingerprint density at radius 3 is 2.39 bits per heavy atom. The normalized spacial score (nSPS) is 11.7. The molecule has 0 radical (unpaired) electrons. The molecule has 0 aliphatic carbocycles. The summed E-state index contributed by atoms with van der Waals surface area (Å²) in [4.78, 5) is 13.6. The van der Waals surface area contributed by atoms with Crippen LogP contribution >= 0.6 is 22.6 Å². The molecule has 1 heterocycles. The fourth-order valence-corrected chi connectivity index (χ4v) is 1.60. The van der Waals surface area contributed by atoms with Crippen LogP contribution in [0.15, 0.2) is 6.07 Å². The second-order valence-corrected chi connectivity index (χ2v) is 3.94. The number of carbonyl (C=O) groups is 1. The second-order valence-electron chi connectivity index (χ2n) is 2.86. The highest BCUT2D eigenvalue weighted by Gasteiger charge is 2.34. The zero-order valence-electron chi connectivity index (χ0n) is 8.13. The predicted octanol–water partition coefficient (Wildman–Crippen LogP) is 3.22. The van der Waals surface area contributed by atoms with Crippen LogP contribution in [0.4, 0.5) is 22.0 Å². The van der Waals surface area contributed by atoms with Gasteiger partial charge in [-0.1, -0.05) is 0 Å². The Kier molecular flexibility index (Phi) is 4.29. The third-order valence-electron chi connectivity index (χ3n) is 1.60. The number of alkyl halides is 5. The van der Waals surface area contributed by atoms with Gasteiger partial charge in [0.05, 0.1) is 3.57 Å². The highest BCUT2D eigenvalue weighted by atomic mass is 127. The topological polar surface area (TPSA) is 59.4 Å². The van der Waals surface area contributed by atoms with Crippen LogP contribution in [0.5, 0.6) is 5.75 Å². The van der Waals surface area contributed by atoms with Crippen molar-refractivity contribution < 1.29 is 36.6 Å². The molecule has 0 bridgehead atoms. The van der Waals surface area contributed by atoms with Gasteiger partial charge < -0.3 is 9.84 Å². The van der Waals surface area contributed by atoms with Crippen molar-refractivity contribution in [2.75, 3.05) is 0 Å². The lowest BCUT2D eigenvalue weighted by Gasteiger charge is -2.13. The molecule has 0 spiro atoms. The van der Waals surface area contributed by atoms with Crippen LogP contribution in [0, 0.1) is 3.57 Å². The van der Waals surface area contributed by atoms with E-state index in [0.717, 1.165) is 0 Å². The summed E-state index contributed by atoms with van der Waals surface area (Å²) in [6.07, 6.45) is -8.33. The number of hydrogen-bond acceptors (Lipinski definition) is 3. The standard InChI is InChI=1S/C8H3F5INO3/c9-6(10)5-4(14)3(18-8(11,12)13)1-2(15-5)7(16)17/h1,6H,(H,16,17). The summed E-state index contributed by atoms with van der Waals surface area (Å²) >= 11 is 1.18. The zero-order valence-corrected chi connectivity index (χ0v) is 10.3. The lowest BCUT2D eigenvalue weighted by molar-refractivity contribution is -0.275. The number of pyridine rings is 1. The number of halogens is 6. The van der Waals surface area contributed by atoms with E-state index in [1.54, 1.807) is 0 Å². The Morgan fingerprint density at radius 2 is 2.00 bits per heavy atom. The fourth-order valence-electron chi connectivity index (χ4n) is 0.978. The number of nitrogens with zero attached hydrogens (tertiary/aromatic N) is 1. The van der Waals surface area contributed by atoms with Crippen molar-refractivity contribution in [1.29, 1.82) is 0 Å². The first-order valence-corrected chi connectivity index (χ1v) is 5.17. The molecule has 18 heavy (non-hydrogen) atoms. The summed E-state index contributed by atoms with van der Waals surface area (Å²) in [5.41, 5.74) is -2.03. The predicted molar refractivity (Wildman–Crippen MR) is 55.6 cm³/mol. The smallest absolute Gasteiger partial charge is 0.477 e. The van der Waals surface area contributed by atoms with Crippen molar-refractivity contribution in [3.8, 4) is 5.75 Å². The van der Waals surface area contributed by atoms with Gasteiger partial charge in [0.1, 0.15) is 11.4 Å². The van der Waals surface area contributed by atoms with Crippen LogP contribution in [0.3, 0.4) is 0 Å². The van der Waals surface area contributed by atoms with E-state index >= 15 is 0 Å². The number of ether oxygens (including phenoxy) is 1. The Bertz CT molecular complexity index is 477. The minimum Gasteiger partial charge on any atom is -0.477 e. The molecule has 0 atom stereocenters. The van der Waals surface area contributed by atoms with E-state index in [1.165, 1.54) is 22.6 Å². The van der Waals surface area contributed by atoms with Crippen molar-refractivity contribution >= 4 is 28.6 Å².